The first-order valence-electron chi connectivity index (χ1n) is 7.78. The Morgan fingerprint density at radius 2 is 2.14 bits per heavy atom. The maximum atomic E-state index is 12.0. The molecule has 1 aromatic carbocycles. The third kappa shape index (κ3) is 4.74. The zero-order valence-corrected chi connectivity index (χ0v) is 13.2. The van der Waals surface area contributed by atoms with Crippen LogP contribution in [0.2, 0.25) is 0 Å². The molecule has 0 saturated heterocycles. The number of benzene rings is 1. The van der Waals surface area contributed by atoms with E-state index in [1.165, 1.54) is 6.42 Å². The van der Waals surface area contributed by atoms with Crippen molar-refractivity contribution in [2.75, 3.05) is 12.4 Å². The van der Waals surface area contributed by atoms with Gasteiger partial charge in [-0.1, -0.05) is 6.07 Å². The number of nitrogens with one attached hydrogen (secondary N) is 2. The van der Waals surface area contributed by atoms with Crippen LogP contribution in [0.15, 0.2) is 24.3 Å². The van der Waals surface area contributed by atoms with Gasteiger partial charge < -0.3 is 15.4 Å². The number of hydrogen-bond donors (Lipinski definition) is 2. The van der Waals surface area contributed by atoms with E-state index < -0.39 is 0 Å². The summed E-state index contributed by atoms with van der Waals surface area (Å²) in [7, 11) is 1.78. The Kier molecular flexibility index (Phi) is 5.62. The molecule has 1 amide bonds. The molecule has 1 aliphatic rings. The van der Waals surface area contributed by atoms with Crippen molar-refractivity contribution in [3.63, 3.8) is 0 Å². The molecule has 0 bridgehead atoms. The Hall–Kier alpha value is -1.55. The van der Waals surface area contributed by atoms with Gasteiger partial charge in [-0.3, -0.25) is 4.79 Å². The molecule has 21 heavy (non-hydrogen) atoms. The molecule has 1 aromatic rings. The van der Waals surface area contributed by atoms with Crippen molar-refractivity contribution in [1.82, 2.24) is 5.32 Å². The van der Waals surface area contributed by atoms with E-state index in [2.05, 4.69) is 10.6 Å². The Morgan fingerprint density at radius 1 is 1.33 bits per heavy atom. The number of ether oxygens (including phenoxy) is 1. The van der Waals surface area contributed by atoms with Gasteiger partial charge in [-0.25, -0.2) is 0 Å². The van der Waals surface area contributed by atoms with E-state index in [1.807, 2.05) is 38.1 Å². The van der Waals surface area contributed by atoms with E-state index in [0.29, 0.717) is 17.7 Å². The van der Waals surface area contributed by atoms with Gasteiger partial charge in [-0.05, 0) is 57.7 Å². The van der Waals surface area contributed by atoms with E-state index in [0.717, 1.165) is 24.9 Å². The molecule has 0 aliphatic heterocycles. The zero-order chi connectivity index (χ0) is 15.2. The highest BCUT2D eigenvalue weighted by Crippen LogP contribution is 2.24. The summed E-state index contributed by atoms with van der Waals surface area (Å²) in [4.78, 5) is 12.0. The normalized spacial score (nSPS) is 22.1. The predicted octanol–water partition coefficient (Wildman–Crippen LogP) is 3.19. The van der Waals surface area contributed by atoms with Crippen LogP contribution in [-0.4, -0.2) is 31.2 Å². The third-order valence-electron chi connectivity index (χ3n) is 3.87. The fraction of sp³-hybridized carbons (Fsp3) is 0.588. The summed E-state index contributed by atoms with van der Waals surface area (Å²) in [6.45, 7) is 3.93. The summed E-state index contributed by atoms with van der Waals surface area (Å²) in [5, 5.41) is 6.45. The molecule has 1 fully saturated rings. The standard InChI is InChI=1S/C17H26N2O2/c1-12(2)18-17(20)13-6-4-7-14(10-13)19-15-8-5-9-16(11-15)21-3/h4,6-7,10,12,15-16,19H,5,8-9,11H2,1-3H3,(H,18,20). The van der Waals surface area contributed by atoms with Gasteiger partial charge in [-0.2, -0.15) is 0 Å². The Morgan fingerprint density at radius 3 is 2.86 bits per heavy atom. The lowest BCUT2D eigenvalue weighted by Crippen LogP contribution is -2.31. The summed E-state index contributed by atoms with van der Waals surface area (Å²) in [6.07, 6.45) is 4.86. The number of hydrogen-bond acceptors (Lipinski definition) is 3. The second-order valence-electron chi connectivity index (χ2n) is 6.07. The molecule has 0 heterocycles. The highest BCUT2D eigenvalue weighted by molar-refractivity contribution is 5.95. The molecular formula is C17H26N2O2. The van der Waals surface area contributed by atoms with Crippen LogP contribution in [0.4, 0.5) is 5.69 Å². The molecule has 1 aliphatic carbocycles. The first-order chi connectivity index (χ1) is 10.1. The van der Waals surface area contributed by atoms with Crippen LogP contribution in [-0.2, 0) is 4.74 Å². The lowest BCUT2D eigenvalue weighted by atomic mass is 9.92. The van der Waals surface area contributed by atoms with Crippen molar-refractivity contribution in [3.8, 4) is 0 Å². The lowest BCUT2D eigenvalue weighted by molar-refractivity contribution is 0.0669. The second-order valence-corrected chi connectivity index (χ2v) is 6.07. The van der Waals surface area contributed by atoms with E-state index in [9.17, 15) is 4.79 Å². The smallest absolute Gasteiger partial charge is 0.251 e. The molecule has 2 atom stereocenters. The van der Waals surface area contributed by atoms with Gasteiger partial charge in [0.05, 0.1) is 6.10 Å². The second kappa shape index (κ2) is 7.46. The Balaban J connectivity index is 1.99. The molecule has 1 saturated carbocycles. The van der Waals surface area contributed by atoms with Crippen LogP contribution < -0.4 is 10.6 Å². The van der Waals surface area contributed by atoms with Gasteiger partial charge in [0.2, 0.25) is 0 Å². The quantitative estimate of drug-likeness (QED) is 0.875. The zero-order valence-electron chi connectivity index (χ0n) is 13.2. The Bertz CT molecular complexity index is 474. The van der Waals surface area contributed by atoms with Gasteiger partial charge in [0.25, 0.3) is 5.91 Å². The summed E-state index contributed by atoms with van der Waals surface area (Å²) >= 11 is 0. The van der Waals surface area contributed by atoms with E-state index in [-0.39, 0.29) is 11.9 Å². The van der Waals surface area contributed by atoms with Crippen LogP contribution in [0.25, 0.3) is 0 Å². The molecule has 4 heteroatoms. The van der Waals surface area contributed by atoms with Crippen molar-refractivity contribution in [1.29, 1.82) is 0 Å². The number of carbonyl (C=O) groups excluding carboxylic acids is 1. The molecule has 0 aromatic heterocycles. The number of amides is 1. The van der Waals surface area contributed by atoms with Crippen molar-refractivity contribution in [3.05, 3.63) is 29.8 Å². The number of rotatable bonds is 5. The van der Waals surface area contributed by atoms with Gasteiger partial charge in [0, 0.05) is 30.4 Å². The summed E-state index contributed by atoms with van der Waals surface area (Å²) in [6, 6.07) is 8.29. The predicted molar refractivity (Wildman–Crippen MR) is 85.7 cm³/mol. The van der Waals surface area contributed by atoms with Gasteiger partial charge in [-0.15, -0.1) is 0 Å². The summed E-state index contributed by atoms with van der Waals surface area (Å²) < 4.78 is 5.46. The molecule has 116 valence electrons. The first-order valence-corrected chi connectivity index (χ1v) is 7.78. The minimum atomic E-state index is -0.0212. The van der Waals surface area contributed by atoms with Crippen LogP contribution >= 0.6 is 0 Å². The van der Waals surface area contributed by atoms with E-state index in [4.69, 9.17) is 4.74 Å². The van der Waals surface area contributed by atoms with E-state index in [1.54, 1.807) is 7.11 Å². The number of carbonyl (C=O) groups is 1. The molecule has 2 unspecified atom stereocenters. The first kappa shape index (κ1) is 15.8. The minimum absolute atomic E-state index is 0.0212. The monoisotopic (exact) mass is 290 g/mol. The van der Waals surface area contributed by atoms with E-state index >= 15 is 0 Å². The average Bonchev–Trinajstić information content (AvgIpc) is 2.47. The molecule has 4 nitrogen and oxygen atoms in total. The minimum Gasteiger partial charge on any atom is -0.382 e. The molecule has 2 N–H and O–H groups in total. The largest absolute Gasteiger partial charge is 0.382 e. The highest BCUT2D eigenvalue weighted by Gasteiger charge is 2.21. The summed E-state index contributed by atoms with van der Waals surface area (Å²) in [5.74, 6) is -0.0212. The van der Waals surface area contributed by atoms with Gasteiger partial charge >= 0.3 is 0 Å². The molecule has 2 rings (SSSR count). The number of methoxy groups -OCH3 is 1. The fourth-order valence-electron chi connectivity index (χ4n) is 2.82. The summed E-state index contributed by atoms with van der Waals surface area (Å²) in [5.41, 5.74) is 1.71. The average molecular weight is 290 g/mol. The fourth-order valence-corrected chi connectivity index (χ4v) is 2.82. The van der Waals surface area contributed by atoms with Gasteiger partial charge in [0.1, 0.15) is 0 Å². The maximum absolute atomic E-state index is 12.0. The number of anilines is 1. The third-order valence-corrected chi connectivity index (χ3v) is 3.87. The van der Waals surface area contributed by atoms with Crippen LogP contribution in [0.3, 0.4) is 0 Å². The van der Waals surface area contributed by atoms with Crippen molar-refractivity contribution >= 4 is 11.6 Å². The van der Waals surface area contributed by atoms with Crippen LogP contribution in [0.1, 0.15) is 49.9 Å². The van der Waals surface area contributed by atoms with Gasteiger partial charge in [0.15, 0.2) is 0 Å². The van der Waals surface area contributed by atoms with Crippen molar-refractivity contribution in [2.45, 2.75) is 57.7 Å². The molecule has 0 spiro atoms. The lowest BCUT2D eigenvalue weighted by Gasteiger charge is -2.29. The van der Waals surface area contributed by atoms with Crippen molar-refractivity contribution < 1.29 is 9.53 Å². The molecular weight excluding hydrogens is 264 g/mol. The highest BCUT2D eigenvalue weighted by atomic mass is 16.5. The van der Waals surface area contributed by atoms with Crippen LogP contribution in [0, 0.1) is 0 Å². The Labute approximate surface area is 127 Å². The molecule has 0 radical (unpaired) electrons. The SMILES string of the molecule is COC1CCCC(Nc2cccc(C(=O)NC(C)C)c2)C1. The topological polar surface area (TPSA) is 50.4 Å². The maximum Gasteiger partial charge on any atom is 0.251 e. The van der Waals surface area contributed by atoms with Crippen LogP contribution in [0.5, 0.6) is 0 Å². The van der Waals surface area contributed by atoms with Crippen molar-refractivity contribution in [2.24, 2.45) is 0 Å².